The van der Waals surface area contributed by atoms with Crippen LogP contribution in [0.2, 0.25) is 0 Å². The van der Waals surface area contributed by atoms with Gasteiger partial charge < -0.3 is 0 Å². The summed E-state index contributed by atoms with van der Waals surface area (Å²) in [5, 5.41) is 8.23. The number of rotatable bonds is 0. The fraction of sp³-hybridized carbons (Fsp3) is 0.182. The summed E-state index contributed by atoms with van der Waals surface area (Å²) in [5.74, 6) is 5.12. The number of benzene rings is 1. The monoisotopic (exact) mass is 155 g/mol. The van der Waals surface area contributed by atoms with Gasteiger partial charge in [-0.25, -0.2) is 0 Å². The van der Waals surface area contributed by atoms with E-state index >= 15 is 0 Å². The summed E-state index contributed by atoms with van der Waals surface area (Å²) in [6.07, 6.45) is 0. The Bertz CT molecular complexity index is 386. The Kier molecular flexibility index (Phi) is 2.51. The summed E-state index contributed by atoms with van der Waals surface area (Å²) in [7, 11) is 0. The molecule has 0 atom stereocenters. The molecule has 12 heavy (non-hydrogen) atoms. The molecule has 0 saturated heterocycles. The van der Waals surface area contributed by atoms with Gasteiger partial charge in [0.05, 0.1) is 0 Å². The quantitative estimate of drug-likeness (QED) is 0.527. The maximum absolute atomic E-state index is 8.23. The van der Waals surface area contributed by atoms with Crippen LogP contribution in [0.5, 0.6) is 0 Å². The molecule has 0 aliphatic rings. The van der Waals surface area contributed by atoms with Crippen molar-refractivity contribution < 1.29 is 0 Å². The highest BCUT2D eigenvalue weighted by Gasteiger charge is 1.91. The van der Waals surface area contributed by atoms with Crippen molar-refractivity contribution in [2.45, 2.75) is 13.8 Å². The second-order valence-corrected chi connectivity index (χ2v) is 2.66. The van der Waals surface area contributed by atoms with Gasteiger partial charge in [-0.1, -0.05) is 12.0 Å². The molecule has 0 bridgehead atoms. The summed E-state index contributed by atoms with van der Waals surface area (Å²) in [4.78, 5) is 0. The van der Waals surface area contributed by atoms with Crippen molar-refractivity contribution in [1.29, 1.82) is 5.26 Å². The summed E-state index contributed by atoms with van der Waals surface area (Å²) in [5.41, 5.74) is 3.36. The molecule has 0 fully saturated rings. The molecule has 0 saturated carbocycles. The minimum absolute atomic E-state index is 0.902. The van der Waals surface area contributed by atoms with Gasteiger partial charge >= 0.3 is 0 Å². The van der Waals surface area contributed by atoms with Crippen molar-refractivity contribution >= 4 is 0 Å². The fourth-order valence-corrected chi connectivity index (χ4v) is 0.919. The predicted molar refractivity (Wildman–Crippen MR) is 48.4 cm³/mol. The van der Waals surface area contributed by atoms with Crippen molar-refractivity contribution in [3.63, 3.8) is 0 Å². The normalized spacial score (nSPS) is 8.08. The van der Waals surface area contributed by atoms with Crippen LogP contribution in [-0.4, -0.2) is 0 Å². The summed E-state index contributed by atoms with van der Waals surface area (Å²) < 4.78 is 0. The summed E-state index contributed by atoms with van der Waals surface area (Å²) >= 11 is 0. The standard InChI is InChI=1S/C11H9N/c1-9-5-6-11(4-3-7-12)8-10(9)2/h5-6,8H,1-2H3. The van der Waals surface area contributed by atoms with E-state index < -0.39 is 0 Å². The van der Waals surface area contributed by atoms with Crippen LogP contribution in [0.1, 0.15) is 16.7 Å². The maximum atomic E-state index is 8.23. The van der Waals surface area contributed by atoms with E-state index in [0.29, 0.717) is 0 Å². The van der Waals surface area contributed by atoms with Crippen molar-refractivity contribution in [3.8, 4) is 17.9 Å². The van der Waals surface area contributed by atoms with Gasteiger partial charge in [-0.15, -0.1) is 0 Å². The zero-order valence-corrected chi connectivity index (χ0v) is 7.18. The van der Waals surface area contributed by atoms with Crippen molar-refractivity contribution in [3.05, 3.63) is 34.9 Å². The van der Waals surface area contributed by atoms with E-state index in [-0.39, 0.29) is 0 Å². The van der Waals surface area contributed by atoms with Gasteiger partial charge in [-0.05, 0) is 37.1 Å². The first-order valence-corrected chi connectivity index (χ1v) is 3.71. The van der Waals surface area contributed by atoms with Gasteiger partial charge in [0.1, 0.15) is 0 Å². The first kappa shape index (κ1) is 8.37. The van der Waals surface area contributed by atoms with Crippen molar-refractivity contribution in [1.82, 2.24) is 0 Å². The highest BCUT2D eigenvalue weighted by atomic mass is 14.2. The van der Waals surface area contributed by atoms with Crippen LogP contribution in [0, 0.1) is 37.0 Å². The van der Waals surface area contributed by atoms with Gasteiger partial charge in [-0.2, -0.15) is 5.26 Å². The van der Waals surface area contributed by atoms with Crippen LogP contribution >= 0.6 is 0 Å². The van der Waals surface area contributed by atoms with E-state index in [0.717, 1.165) is 5.56 Å². The molecule has 1 rings (SSSR count). The molecule has 0 aromatic heterocycles. The number of nitrogens with zero attached hydrogens (tertiary/aromatic N) is 1. The molecule has 1 heteroatoms. The topological polar surface area (TPSA) is 23.8 Å². The van der Waals surface area contributed by atoms with Crippen LogP contribution in [0.25, 0.3) is 0 Å². The van der Waals surface area contributed by atoms with Gasteiger partial charge in [0.2, 0.25) is 0 Å². The van der Waals surface area contributed by atoms with Gasteiger partial charge in [-0.3, -0.25) is 0 Å². The van der Waals surface area contributed by atoms with Crippen LogP contribution in [0.15, 0.2) is 18.2 Å². The van der Waals surface area contributed by atoms with Crippen molar-refractivity contribution in [2.75, 3.05) is 0 Å². The Morgan fingerprint density at radius 3 is 2.50 bits per heavy atom. The molecule has 0 aliphatic heterocycles. The van der Waals surface area contributed by atoms with Crippen LogP contribution in [0.4, 0.5) is 0 Å². The van der Waals surface area contributed by atoms with E-state index in [1.807, 2.05) is 25.1 Å². The number of aryl methyl sites for hydroxylation is 2. The van der Waals surface area contributed by atoms with Crippen molar-refractivity contribution in [2.24, 2.45) is 0 Å². The van der Waals surface area contributed by atoms with E-state index in [1.54, 1.807) is 6.07 Å². The molecule has 0 N–H and O–H groups in total. The molecule has 1 aromatic rings. The number of hydrogen-bond acceptors (Lipinski definition) is 1. The van der Waals surface area contributed by atoms with Gasteiger partial charge in [0.15, 0.2) is 6.07 Å². The molecule has 58 valence electrons. The van der Waals surface area contributed by atoms with Crippen LogP contribution in [-0.2, 0) is 0 Å². The lowest BCUT2D eigenvalue weighted by Crippen LogP contribution is -1.81. The smallest absolute Gasteiger partial charge is 0.152 e. The molecule has 0 heterocycles. The van der Waals surface area contributed by atoms with Gasteiger partial charge in [0.25, 0.3) is 0 Å². The van der Waals surface area contributed by atoms with E-state index in [2.05, 4.69) is 18.8 Å². The molecular formula is C11H9N. The van der Waals surface area contributed by atoms with E-state index in [9.17, 15) is 0 Å². The zero-order chi connectivity index (χ0) is 8.97. The highest BCUT2D eigenvalue weighted by Crippen LogP contribution is 2.08. The first-order chi connectivity index (χ1) is 5.74. The molecule has 0 radical (unpaired) electrons. The molecule has 1 aromatic carbocycles. The third kappa shape index (κ3) is 1.87. The van der Waals surface area contributed by atoms with Crippen LogP contribution in [0.3, 0.4) is 0 Å². The fourth-order valence-electron chi connectivity index (χ4n) is 0.919. The first-order valence-electron chi connectivity index (χ1n) is 3.71. The molecule has 0 aliphatic carbocycles. The number of nitriles is 1. The Hall–Kier alpha value is -1.73. The minimum atomic E-state index is 0.902. The summed E-state index contributed by atoms with van der Waals surface area (Å²) in [6, 6.07) is 7.71. The molecule has 0 unspecified atom stereocenters. The highest BCUT2D eigenvalue weighted by molar-refractivity contribution is 5.42. The average Bonchev–Trinajstić information content (AvgIpc) is 2.07. The second kappa shape index (κ2) is 3.60. The molecule has 0 spiro atoms. The predicted octanol–water partition coefficient (Wildman–Crippen LogP) is 2.18. The molecular weight excluding hydrogens is 146 g/mol. The summed E-state index contributed by atoms with van der Waals surface area (Å²) in [6.45, 7) is 4.09. The second-order valence-electron chi connectivity index (χ2n) is 2.66. The largest absolute Gasteiger partial charge is 0.183 e. The lowest BCUT2D eigenvalue weighted by atomic mass is 10.1. The molecule has 1 nitrogen and oxygen atoms in total. The lowest BCUT2D eigenvalue weighted by molar-refractivity contribution is 1.33. The Labute approximate surface area is 72.6 Å². The zero-order valence-electron chi connectivity index (χ0n) is 7.18. The van der Waals surface area contributed by atoms with Gasteiger partial charge in [0, 0.05) is 11.5 Å². The molecule has 0 amide bonds. The third-order valence-corrected chi connectivity index (χ3v) is 1.77. The minimum Gasteiger partial charge on any atom is -0.183 e. The Morgan fingerprint density at radius 1 is 1.17 bits per heavy atom. The number of hydrogen-bond donors (Lipinski definition) is 0. The lowest BCUT2D eigenvalue weighted by Gasteiger charge is -1.98. The average molecular weight is 155 g/mol. The Morgan fingerprint density at radius 2 is 1.92 bits per heavy atom. The van der Waals surface area contributed by atoms with E-state index in [4.69, 9.17) is 5.26 Å². The SMILES string of the molecule is Cc1ccc(C#CC#N)cc1C. The maximum Gasteiger partial charge on any atom is 0.152 e. The van der Waals surface area contributed by atoms with E-state index in [1.165, 1.54) is 11.1 Å². The third-order valence-electron chi connectivity index (χ3n) is 1.77. The Balaban J connectivity index is 3.07. The van der Waals surface area contributed by atoms with Crippen LogP contribution < -0.4 is 0 Å².